The summed E-state index contributed by atoms with van der Waals surface area (Å²) in [7, 11) is 0. The zero-order valence-electron chi connectivity index (χ0n) is 14.4. The van der Waals surface area contributed by atoms with E-state index in [9.17, 15) is 4.79 Å². The Hall–Kier alpha value is -2.33. The molecule has 130 valence electrons. The highest BCUT2D eigenvalue weighted by atomic mass is 16.5. The summed E-state index contributed by atoms with van der Waals surface area (Å²) >= 11 is 0. The summed E-state index contributed by atoms with van der Waals surface area (Å²) in [6.45, 7) is 2.98. The average molecular weight is 337 g/mol. The molecule has 0 saturated carbocycles. The second kappa shape index (κ2) is 6.52. The minimum absolute atomic E-state index is 0.112. The number of carboxylic acid groups (broad SMARTS) is 1. The van der Waals surface area contributed by atoms with Crippen LogP contribution in [0.15, 0.2) is 42.5 Å². The first kappa shape index (κ1) is 16.2. The fraction of sp³-hybridized carbons (Fsp3) is 0.381. The quantitative estimate of drug-likeness (QED) is 0.860. The second-order valence-corrected chi connectivity index (χ2v) is 6.92. The molecule has 2 aromatic carbocycles. The van der Waals surface area contributed by atoms with Gasteiger partial charge in [0.2, 0.25) is 0 Å². The van der Waals surface area contributed by atoms with Crippen molar-refractivity contribution >= 4 is 11.7 Å². The largest absolute Gasteiger partial charge is 0.478 e. The maximum atomic E-state index is 11.1. The molecule has 0 amide bonds. The Morgan fingerprint density at radius 3 is 2.76 bits per heavy atom. The fourth-order valence-corrected chi connectivity index (χ4v) is 4.10. The Morgan fingerprint density at radius 1 is 1.24 bits per heavy atom. The minimum atomic E-state index is -0.889. The van der Waals surface area contributed by atoms with E-state index in [-0.39, 0.29) is 12.1 Å². The molecule has 0 radical (unpaired) electrons. The first-order chi connectivity index (χ1) is 12.2. The number of ether oxygens (including phenoxy) is 1. The number of aromatic carboxylic acids is 1. The van der Waals surface area contributed by atoms with Crippen LogP contribution in [0.2, 0.25) is 0 Å². The van der Waals surface area contributed by atoms with Crippen LogP contribution in [-0.4, -0.2) is 17.7 Å². The third-order valence-corrected chi connectivity index (χ3v) is 5.45. The number of carboxylic acids is 1. The Labute approximate surface area is 147 Å². The molecule has 4 nitrogen and oxygen atoms in total. The van der Waals surface area contributed by atoms with Crippen LogP contribution in [0, 0.1) is 5.92 Å². The van der Waals surface area contributed by atoms with Crippen molar-refractivity contribution < 1.29 is 14.6 Å². The summed E-state index contributed by atoms with van der Waals surface area (Å²) in [6, 6.07) is 14.0. The maximum absolute atomic E-state index is 11.1. The first-order valence-corrected chi connectivity index (χ1v) is 9.01. The third kappa shape index (κ3) is 2.91. The smallest absolute Gasteiger partial charge is 0.335 e. The summed E-state index contributed by atoms with van der Waals surface area (Å²) < 4.78 is 6.19. The van der Waals surface area contributed by atoms with Crippen LogP contribution in [0.5, 0.6) is 0 Å². The lowest BCUT2D eigenvalue weighted by Gasteiger charge is -2.43. The number of carbonyl (C=O) groups is 1. The summed E-state index contributed by atoms with van der Waals surface area (Å²) in [4.78, 5) is 11.1. The number of benzene rings is 2. The molecule has 0 aromatic heterocycles. The molecule has 4 heteroatoms. The zero-order valence-corrected chi connectivity index (χ0v) is 14.4. The van der Waals surface area contributed by atoms with Gasteiger partial charge in [0.15, 0.2) is 0 Å². The molecule has 3 atom stereocenters. The van der Waals surface area contributed by atoms with E-state index in [1.807, 2.05) is 12.1 Å². The number of rotatable bonds is 3. The van der Waals surface area contributed by atoms with Crippen molar-refractivity contribution in [1.29, 1.82) is 0 Å². The van der Waals surface area contributed by atoms with Gasteiger partial charge in [0, 0.05) is 23.8 Å². The molecule has 0 unspecified atom stereocenters. The lowest BCUT2D eigenvalue weighted by atomic mass is 9.77. The molecule has 0 spiro atoms. The standard InChI is InChI=1S/C21H23NO3/c1-2-13-5-10-18-17(12-13)20-16(4-3-11-25-20)19(22-18)14-6-8-15(9-7-14)21(23)24/h5-10,12,16,19-20,22H,2-4,11H2,1H3,(H,23,24)/t16-,19+,20-/m1/s1. The van der Waals surface area contributed by atoms with E-state index in [2.05, 4.69) is 30.4 Å². The van der Waals surface area contributed by atoms with Crippen molar-refractivity contribution in [3.8, 4) is 0 Å². The highest BCUT2D eigenvalue weighted by Crippen LogP contribution is 2.49. The van der Waals surface area contributed by atoms with Gasteiger partial charge >= 0.3 is 5.97 Å². The molecule has 2 aliphatic rings. The van der Waals surface area contributed by atoms with Crippen molar-refractivity contribution in [2.45, 2.75) is 38.3 Å². The third-order valence-electron chi connectivity index (χ3n) is 5.45. The van der Waals surface area contributed by atoms with Gasteiger partial charge in [-0.25, -0.2) is 4.79 Å². The van der Waals surface area contributed by atoms with Crippen LogP contribution in [0.1, 0.15) is 59.0 Å². The highest BCUT2D eigenvalue weighted by molar-refractivity contribution is 5.87. The Balaban J connectivity index is 1.72. The van der Waals surface area contributed by atoms with E-state index in [1.54, 1.807) is 12.1 Å². The van der Waals surface area contributed by atoms with Gasteiger partial charge in [0.05, 0.1) is 17.7 Å². The molecule has 0 bridgehead atoms. The van der Waals surface area contributed by atoms with Gasteiger partial charge in [-0.2, -0.15) is 0 Å². The summed E-state index contributed by atoms with van der Waals surface area (Å²) in [5.41, 5.74) is 5.17. The van der Waals surface area contributed by atoms with Gasteiger partial charge in [-0.1, -0.05) is 31.2 Å². The molecule has 2 aliphatic heterocycles. The van der Waals surface area contributed by atoms with Crippen molar-refractivity contribution in [2.24, 2.45) is 5.92 Å². The second-order valence-electron chi connectivity index (χ2n) is 6.92. The van der Waals surface area contributed by atoms with Crippen LogP contribution in [0.25, 0.3) is 0 Å². The Morgan fingerprint density at radius 2 is 2.04 bits per heavy atom. The number of nitrogens with one attached hydrogen (secondary N) is 1. The topological polar surface area (TPSA) is 58.6 Å². The van der Waals surface area contributed by atoms with Gasteiger partial charge in [-0.3, -0.25) is 0 Å². The predicted octanol–water partition coefficient (Wildman–Crippen LogP) is 4.58. The minimum Gasteiger partial charge on any atom is -0.478 e. The molecule has 4 rings (SSSR count). The van der Waals surface area contributed by atoms with Crippen LogP contribution >= 0.6 is 0 Å². The summed E-state index contributed by atoms with van der Waals surface area (Å²) in [5.74, 6) is -0.525. The molecule has 2 N–H and O–H groups in total. The van der Waals surface area contributed by atoms with Crippen molar-refractivity contribution in [2.75, 3.05) is 11.9 Å². The molecule has 25 heavy (non-hydrogen) atoms. The van der Waals surface area contributed by atoms with E-state index < -0.39 is 5.97 Å². The van der Waals surface area contributed by atoms with Gasteiger partial charge in [0.25, 0.3) is 0 Å². The van der Waals surface area contributed by atoms with Crippen molar-refractivity contribution in [3.63, 3.8) is 0 Å². The molecular formula is C21H23NO3. The van der Waals surface area contributed by atoms with Crippen LogP contribution < -0.4 is 5.32 Å². The SMILES string of the molecule is CCc1ccc2c(c1)[C@@H]1OCCC[C@@H]1[C@H](c1ccc(C(=O)O)cc1)N2. The number of fused-ring (bicyclic) bond motifs is 3. The number of hydrogen-bond donors (Lipinski definition) is 2. The molecule has 1 saturated heterocycles. The Bertz CT molecular complexity index is 784. The van der Waals surface area contributed by atoms with E-state index in [1.165, 1.54) is 11.1 Å². The normalized spacial score (nSPS) is 24.8. The first-order valence-electron chi connectivity index (χ1n) is 9.01. The number of anilines is 1. The average Bonchev–Trinajstić information content (AvgIpc) is 2.67. The van der Waals surface area contributed by atoms with Gasteiger partial charge < -0.3 is 15.2 Å². The Kier molecular flexibility index (Phi) is 4.22. The highest BCUT2D eigenvalue weighted by Gasteiger charge is 2.39. The van der Waals surface area contributed by atoms with Gasteiger partial charge in [-0.05, 0) is 48.6 Å². The van der Waals surface area contributed by atoms with Crippen molar-refractivity contribution in [3.05, 3.63) is 64.7 Å². The lowest BCUT2D eigenvalue weighted by molar-refractivity contribution is -0.0381. The van der Waals surface area contributed by atoms with Crippen LogP contribution in [0.3, 0.4) is 0 Å². The van der Waals surface area contributed by atoms with E-state index in [4.69, 9.17) is 9.84 Å². The summed E-state index contributed by atoms with van der Waals surface area (Å²) in [6.07, 6.45) is 3.31. The van der Waals surface area contributed by atoms with Crippen LogP contribution in [0.4, 0.5) is 5.69 Å². The monoisotopic (exact) mass is 337 g/mol. The summed E-state index contributed by atoms with van der Waals surface area (Å²) in [5, 5.41) is 12.8. The van der Waals surface area contributed by atoms with Gasteiger partial charge in [-0.15, -0.1) is 0 Å². The van der Waals surface area contributed by atoms with E-state index >= 15 is 0 Å². The number of hydrogen-bond acceptors (Lipinski definition) is 3. The molecule has 2 aromatic rings. The molecule has 2 heterocycles. The molecule has 0 aliphatic carbocycles. The van der Waals surface area contributed by atoms with Crippen molar-refractivity contribution in [1.82, 2.24) is 0 Å². The lowest BCUT2D eigenvalue weighted by Crippen LogP contribution is -2.36. The van der Waals surface area contributed by atoms with E-state index in [0.717, 1.165) is 37.1 Å². The predicted molar refractivity (Wildman–Crippen MR) is 97.0 cm³/mol. The number of aryl methyl sites for hydroxylation is 1. The molecule has 1 fully saturated rings. The van der Waals surface area contributed by atoms with Gasteiger partial charge in [0.1, 0.15) is 0 Å². The zero-order chi connectivity index (χ0) is 17.4. The van der Waals surface area contributed by atoms with E-state index in [0.29, 0.717) is 11.5 Å². The maximum Gasteiger partial charge on any atom is 0.335 e. The fourth-order valence-electron chi connectivity index (χ4n) is 4.10. The molecular weight excluding hydrogens is 314 g/mol. The van der Waals surface area contributed by atoms with Crippen LogP contribution in [-0.2, 0) is 11.2 Å².